The van der Waals surface area contributed by atoms with Gasteiger partial charge in [0.05, 0.1) is 24.3 Å². The van der Waals surface area contributed by atoms with Gasteiger partial charge in [-0.25, -0.2) is 9.59 Å². The van der Waals surface area contributed by atoms with Crippen molar-refractivity contribution in [3.05, 3.63) is 29.8 Å². The molecule has 1 saturated carbocycles. The SMILES string of the molecule is CC(=O)Oc1ccc(COC(=O)NCCCS(=O)(=O)O)cc1.CC(OC(=O)CC1(CC(=O)O)CCCC1)OC(=O)NCCCS(=O)(=O)O. The maximum Gasteiger partial charge on any atom is 0.410 e. The lowest BCUT2D eigenvalue weighted by Crippen LogP contribution is -2.33. The normalized spacial score (nSPS) is 14.3. The summed E-state index contributed by atoms with van der Waals surface area (Å²) < 4.78 is 78.6. The highest BCUT2D eigenvalue weighted by Gasteiger charge is 2.39. The summed E-state index contributed by atoms with van der Waals surface area (Å²) in [4.78, 5) is 56.6. The van der Waals surface area contributed by atoms with Crippen molar-refractivity contribution in [1.29, 1.82) is 0 Å². The van der Waals surface area contributed by atoms with Crippen molar-refractivity contribution in [2.45, 2.75) is 78.1 Å². The van der Waals surface area contributed by atoms with Crippen LogP contribution in [0.5, 0.6) is 5.75 Å². The zero-order valence-electron chi connectivity index (χ0n) is 26.5. The van der Waals surface area contributed by atoms with Gasteiger partial charge in [-0.3, -0.25) is 23.5 Å². The van der Waals surface area contributed by atoms with Gasteiger partial charge in [0, 0.05) is 26.9 Å². The van der Waals surface area contributed by atoms with Crippen LogP contribution in [0, 0.1) is 5.41 Å². The predicted octanol–water partition coefficient (Wildman–Crippen LogP) is 2.42. The predicted molar refractivity (Wildman–Crippen MR) is 166 cm³/mol. The molecule has 0 aromatic heterocycles. The zero-order chi connectivity index (χ0) is 36.4. The van der Waals surface area contributed by atoms with Gasteiger partial charge < -0.3 is 34.7 Å². The van der Waals surface area contributed by atoms with Gasteiger partial charge in [0.25, 0.3) is 20.2 Å². The molecule has 20 heteroatoms. The molecule has 1 atom stereocenters. The van der Waals surface area contributed by atoms with E-state index in [1.807, 2.05) is 0 Å². The highest BCUT2D eigenvalue weighted by atomic mass is 32.2. The van der Waals surface area contributed by atoms with Gasteiger partial charge in [-0.05, 0) is 48.8 Å². The summed E-state index contributed by atoms with van der Waals surface area (Å²) in [7, 11) is -8.11. The molecule has 1 aromatic rings. The maximum atomic E-state index is 12.0. The summed E-state index contributed by atoms with van der Waals surface area (Å²) in [5, 5.41) is 13.6. The van der Waals surface area contributed by atoms with Crippen LogP contribution >= 0.6 is 0 Å². The number of benzene rings is 1. The molecule has 0 heterocycles. The number of ether oxygens (including phenoxy) is 4. The molecule has 0 saturated heterocycles. The van der Waals surface area contributed by atoms with Gasteiger partial charge in [0.1, 0.15) is 12.4 Å². The molecular weight excluding hydrogens is 684 g/mol. The van der Waals surface area contributed by atoms with E-state index in [-0.39, 0.29) is 45.4 Å². The van der Waals surface area contributed by atoms with Crippen LogP contribution in [0.1, 0.15) is 70.8 Å². The number of hydrogen-bond donors (Lipinski definition) is 5. The van der Waals surface area contributed by atoms with E-state index in [0.717, 1.165) is 12.8 Å². The van der Waals surface area contributed by atoms with Gasteiger partial charge >= 0.3 is 30.1 Å². The Kier molecular flexibility index (Phi) is 17.8. The van der Waals surface area contributed by atoms with Crippen LogP contribution in [0.25, 0.3) is 0 Å². The Balaban J connectivity index is 0.000000487. The van der Waals surface area contributed by atoms with Gasteiger partial charge in [0.2, 0.25) is 6.29 Å². The number of aliphatic carboxylic acids is 1. The van der Waals surface area contributed by atoms with Crippen LogP contribution in [0.15, 0.2) is 24.3 Å². The number of alkyl carbamates (subject to hydrolysis) is 2. The Bertz CT molecular complexity index is 1440. The molecule has 1 unspecified atom stereocenters. The molecule has 2 amide bonds. The first-order valence-electron chi connectivity index (χ1n) is 14.7. The standard InChI is InChI=1S/C15H25NO9S.C13H17NO7S/c1-11(25-14(20)16-7-4-8-26(21,22)23)24-13(19)10-15(9-12(17)18)5-2-3-6-15;1-10(15)21-12-5-3-11(4-6-12)9-20-13(16)14-7-2-8-22(17,18)19/h11H,2-10H2,1H3,(H,16,20)(H,17,18)(H,21,22,23);3-6H,2,7-9H2,1H3,(H,14,16)(H,17,18,19). The summed E-state index contributed by atoms with van der Waals surface area (Å²) in [6, 6.07) is 6.43. The number of rotatable bonds is 17. The minimum absolute atomic E-state index is 0.000188. The van der Waals surface area contributed by atoms with Crippen LogP contribution in [0.3, 0.4) is 0 Å². The number of amides is 2. The molecule has 5 N–H and O–H groups in total. The first-order valence-corrected chi connectivity index (χ1v) is 17.9. The number of carboxylic acids is 1. The Morgan fingerprint density at radius 2 is 1.35 bits per heavy atom. The number of hydrogen-bond acceptors (Lipinski definition) is 13. The van der Waals surface area contributed by atoms with Crippen molar-refractivity contribution in [1.82, 2.24) is 10.6 Å². The van der Waals surface area contributed by atoms with E-state index in [1.165, 1.54) is 13.8 Å². The van der Waals surface area contributed by atoms with Gasteiger partial charge in [-0.15, -0.1) is 0 Å². The van der Waals surface area contributed by atoms with Gasteiger partial charge in [0.15, 0.2) is 0 Å². The Hall–Kier alpha value is -4.01. The van der Waals surface area contributed by atoms with E-state index in [4.69, 9.17) is 33.2 Å². The van der Waals surface area contributed by atoms with E-state index in [0.29, 0.717) is 24.2 Å². The van der Waals surface area contributed by atoms with Crippen molar-refractivity contribution >= 4 is 50.3 Å². The first kappa shape index (κ1) is 42.0. The van der Waals surface area contributed by atoms with Crippen molar-refractivity contribution in [3.8, 4) is 5.75 Å². The summed E-state index contributed by atoms with van der Waals surface area (Å²) in [6.07, 6.45) is 0.153. The Morgan fingerprint density at radius 1 is 0.833 bits per heavy atom. The molecule has 272 valence electrons. The quantitative estimate of drug-likeness (QED) is 0.0507. The molecule has 2 rings (SSSR count). The van der Waals surface area contributed by atoms with Crippen molar-refractivity contribution in [3.63, 3.8) is 0 Å². The average molecular weight is 727 g/mol. The second-order valence-electron chi connectivity index (χ2n) is 10.9. The third kappa shape index (κ3) is 21.0. The smallest absolute Gasteiger partial charge is 0.410 e. The Labute approximate surface area is 278 Å². The molecule has 18 nitrogen and oxygen atoms in total. The average Bonchev–Trinajstić information content (AvgIpc) is 3.38. The number of carbonyl (C=O) groups excluding carboxylic acids is 4. The second kappa shape index (κ2) is 20.4. The van der Waals surface area contributed by atoms with Crippen LogP contribution in [-0.4, -0.2) is 92.0 Å². The lowest BCUT2D eigenvalue weighted by Gasteiger charge is -2.26. The van der Waals surface area contributed by atoms with Gasteiger partial charge in [-0.2, -0.15) is 16.8 Å². The van der Waals surface area contributed by atoms with E-state index in [9.17, 15) is 40.8 Å². The third-order valence-electron chi connectivity index (χ3n) is 6.53. The third-order valence-corrected chi connectivity index (χ3v) is 8.14. The fourth-order valence-corrected chi connectivity index (χ4v) is 5.54. The zero-order valence-corrected chi connectivity index (χ0v) is 28.2. The minimum atomic E-state index is -4.09. The molecule has 0 bridgehead atoms. The number of esters is 2. The van der Waals surface area contributed by atoms with Crippen molar-refractivity contribution in [2.75, 3.05) is 24.6 Å². The summed E-state index contributed by atoms with van der Waals surface area (Å²) in [5.41, 5.74) is 0.0877. The first-order chi connectivity index (χ1) is 22.3. The second-order valence-corrected chi connectivity index (χ2v) is 14.0. The topological polar surface area (TPSA) is 275 Å². The van der Waals surface area contributed by atoms with Crippen LogP contribution in [0.2, 0.25) is 0 Å². The van der Waals surface area contributed by atoms with E-state index >= 15 is 0 Å². The monoisotopic (exact) mass is 726 g/mol. The molecule has 0 radical (unpaired) electrons. The summed E-state index contributed by atoms with van der Waals surface area (Å²) in [5.74, 6) is -2.55. The molecule has 1 aromatic carbocycles. The molecule has 1 aliphatic carbocycles. The minimum Gasteiger partial charge on any atom is -0.481 e. The van der Waals surface area contributed by atoms with Crippen LogP contribution < -0.4 is 15.4 Å². The van der Waals surface area contributed by atoms with Crippen molar-refractivity contribution < 1.29 is 74.0 Å². The lowest BCUT2D eigenvalue weighted by atomic mass is 9.79. The largest absolute Gasteiger partial charge is 0.481 e. The molecule has 1 aliphatic rings. The number of carbonyl (C=O) groups is 5. The maximum absolute atomic E-state index is 12.0. The van der Waals surface area contributed by atoms with E-state index in [1.54, 1.807) is 24.3 Å². The van der Waals surface area contributed by atoms with Crippen LogP contribution in [0.4, 0.5) is 9.59 Å². The van der Waals surface area contributed by atoms with E-state index in [2.05, 4.69) is 10.6 Å². The fraction of sp³-hybridized carbons (Fsp3) is 0.607. The molecule has 0 spiro atoms. The van der Waals surface area contributed by atoms with Gasteiger partial charge in [-0.1, -0.05) is 25.0 Å². The van der Waals surface area contributed by atoms with E-state index < -0.39 is 73.5 Å². The molecular formula is C28H42N2O16S2. The molecule has 1 fully saturated rings. The Morgan fingerprint density at radius 3 is 1.83 bits per heavy atom. The number of nitrogens with one attached hydrogen (secondary N) is 2. The molecule has 0 aliphatic heterocycles. The highest BCUT2D eigenvalue weighted by Crippen LogP contribution is 2.44. The lowest BCUT2D eigenvalue weighted by molar-refractivity contribution is -0.168. The van der Waals surface area contributed by atoms with Crippen LogP contribution in [-0.2, 0) is 55.4 Å². The number of carboxylic acid groups (broad SMARTS) is 1. The summed E-state index contributed by atoms with van der Waals surface area (Å²) >= 11 is 0. The molecule has 48 heavy (non-hydrogen) atoms. The fourth-order valence-electron chi connectivity index (χ4n) is 4.52. The highest BCUT2D eigenvalue weighted by molar-refractivity contribution is 7.86. The van der Waals surface area contributed by atoms with Crippen molar-refractivity contribution in [2.24, 2.45) is 5.41 Å². The summed E-state index contributed by atoms with van der Waals surface area (Å²) in [6.45, 7) is 2.69.